The summed E-state index contributed by atoms with van der Waals surface area (Å²) in [5.41, 5.74) is 6.70. The van der Waals surface area contributed by atoms with Crippen LogP contribution in [0.3, 0.4) is 0 Å². The van der Waals surface area contributed by atoms with Gasteiger partial charge in [0, 0.05) is 5.69 Å². The summed E-state index contributed by atoms with van der Waals surface area (Å²) in [6.07, 6.45) is 0. The minimum Gasteiger partial charge on any atom is -0.392 e. The van der Waals surface area contributed by atoms with Crippen molar-refractivity contribution in [1.82, 2.24) is 10.6 Å². The Kier molecular flexibility index (Phi) is 7.34. The molecule has 1 aromatic rings. The lowest BCUT2D eigenvalue weighted by atomic mass is 10.2. The van der Waals surface area contributed by atoms with Crippen LogP contribution in [0, 0.1) is 0 Å². The number of hydrogen-bond acceptors (Lipinski definition) is 5. The van der Waals surface area contributed by atoms with Crippen molar-refractivity contribution in [2.75, 3.05) is 5.32 Å². The second kappa shape index (κ2) is 8.99. The summed E-state index contributed by atoms with van der Waals surface area (Å²) < 4.78 is 0. The molecule has 0 heterocycles. The Morgan fingerprint density at radius 1 is 0.958 bits per heavy atom. The number of carbonyl (C=O) groups excluding carboxylic acids is 3. The predicted molar refractivity (Wildman–Crippen MR) is 89.9 cm³/mol. The molecule has 0 radical (unpaired) electrons. The first-order valence-corrected chi connectivity index (χ1v) is 7.61. The van der Waals surface area contributed by atoms with Gasteiger partial charge < -0.3 is 26.8 Å². The number of hydrogen-bond donors (Lipinski definition) is 5. The fourth-order valence-electron chi connectivity index (χ4n) is 1.76. The van der Waals surface area contributed by atoms with Gasteiger partial charge in [0.15, 0.2) is 0 Å². The highest BCUT2D eigenvalue weighted by molar-refractivity contribution is 5.98. The van der Waals surface area contributed by atoms with Crippen molar-refractivity contribution in [2.45, 2.75) is 45.5 Å². The van der Waals surface area contributed by atoms with Gasteiger partial charge in [0.05, 0.1) is 12.6 Å². The van der Waals surface area contributed by atoms with Crippen molar-refractivity contribution in [3.8, 4) is 0 Å². The van der Waals surface area contributed by atoms with Crippen molar-refractivity contribution < 1.29 is 19.5 Å². The monoisotopic (exact) mass is 336 g/mol. The molecule has 3 amide bonds. The lowest BCUT2D eigenvalue weighted by molar-refractivity contribution is -0.130. The van der Waals surface area contributed by atoms with E-state index >= 15 is 0 Å². The molecule has 1 aromatic carbocycles. The molecule has 0 spiro atoms. The normalized spacial score (nSPS) is 14.2. The van der Waals surface area contributed by atoms with E-state index in [1.165, 1.54) is 20.8 Å². The van der Waals surface area contributed by atoms with E-state index in [9.17, 15) is 14.4 Å². The summed E-state index contributed by atoms with van der Waals surface area (Å²) in [5, 5.41) is 16.6. The zero-order valence-electron chi connectivity index (χ0n) is 14.0. The van der Waals surface area contributed by atoms with Gasteiger partial charge in [-0.2, -0.15) is 0 Å². The van der Waals surface area contributed by atoms with Crippen LogP contribution in [-0.4, -0.2) is 41.0 Å². The standard InChI is InChI=1S/C16H24N4O4/c1-9(17)14(22)18-10(2)15(23)19-11(3)16(24)20-13-6-4-12(8-21)5-7-13/h4-7,9-11,21H,8,17H2,1-3H3,(H,18,22)(H,19,23)(H,20,24)/t9-,10-,11-/m0/s1. The molecular formula is C16H24N4O4. The van der Waals surface area contributed by atoms with Gasteiger partial charge in [-0.25, -0.2) is 0 Å². The number of amides is 3. The van der Waals surface area contributed by atoms with Crippen LogP contribution in [-0.2, 0) is 21.0 Å². The molecule has 0 aliphatic rings. The summed E-state index contributed by atoms with van der Waals surface area (Å²) >= 11 is 0. The highest BCUT2D eigenvalue weighted by atomic mass is 16.3. The van der Waals surface area contributed by atoms with Crippen LogP contribution in [0.25, 0.3) is 0 Å². The highest BCUT2D eigenvalue weighted by Crippen LogP contribution is 2.09. The average Bonchev–Trinajstić information content (AvgIpc) is 2.55. The Balaban J connectivity index is 2.53. The van der Waals surface area contributed by atoms with Crippen LogP contribution in [0.4, 0.5) is 5.69 Å². The van der Waals surface area contributed by atoms with Crippen molar-refractivity contribution in [2.24, 2.45) is 5.73 Å². The van der Waals surface area contributed by atoms with Gasteiger partial charge in [0.2, 0.25) is 17.7 Å². The zero-order valence-corrected chi connectivity index (χ0v) is 14.0. The molecule has 0 saturated heterocycles. The van der Waals surface area contributed by atoms with E-state index in [4.69, 9.17) is 10.8 Å². The Morgan fingerprint density at radius 2 is 1.46 bits per heavy atom. The number of aliphatic hydroxyl groups is 1. The van der Waals surface area contributed by atoms with Gasteiger partial charge in [-0.15, -0.1) is 0 Å². The van der Waals surface area contributed by atoms with Crippen LogP contribution < -0.4 is 21.7 Å². The fourth-order valence-corrected chi connectivity index (χ4v) is 1.76. The smallest absolute Gasteiger partial charge is 0.246 e. The van der Waals surface area contributed by atoms with Crippen molar-refractivity contribution in [1.29, 1.82) is 0 Å². The number of anilines is 1. The van der Waals surface area contributed by atoms with E-state index in [0.717, 1.165) is 5.56 Å². The molecule has 24 heavy (non-hydrogen) atoms. The molecule has 0 bridgehead atoms. The maximum atomic E-state index is 12.1. The topological polar surface area (TPSA) is 134 Å². The number of benzene rings is 1. The summed E-state index contributed by atoms with van der Waals surface area (Å²) in [7, 11) is 0. The fraction of sp³-hybridized carbons (Fsp3) is 0.438. The summed E-state index contributed by atoms with van der Waals surface area (Å²) in [6, 6.07) is 4.37. The van der Waals surface area contributed by atoms with Crippen molar-refractivity contribution in [3.63, 3.8) is 0 Å². The van der Waals surface area contributed by atoms with E-state index in [2.05, 4.69) is 16.0 Å². The van der Waals surface area contributed by atoms with E-state index in [1.54, 1.807) is 24.3 Å². The summed E-state index contributed by atoms with van der Waals surface area (Å²) in [6.45, 7) is 4.48. The van der Waals surface area contributed by atoms with Crippen molar-refractivity contribution in [3.05, 3.63) is 29.8 Å². The quantitative estimate of drug-likeness (QED) is 0.456. The molecule has 0 aliphatic heterocycles. The number of nitrogens with one attached hydrogen (secondary N) is 3. The molecule has 132 valence electrons. The Bertz CT molecular complexity index is 586. The van der Waals surface area contributed by atoms with Gasteiger partial charge in [0.25, 0.3) is 0 Å². The molecule has 0 unspecified atom stereocenters. The van der Waals surface area contributed by atoms with Crippen LogP contribution in [0.2, 0.25) is 0 Å². The van der Waals surface area contributed by atoms with E-state index in [1.807, 2.05) is 0 Å². The van der Waals surface area contributed by atoms with Crippen LogP contribution in [0.5, 0.6) is 0 Å². The first-order chi connectivity index (χ1) is 11.2. The van der Waals surface area contributed by atoms with Gasteiger partial charge >= 0.3 is 0 Å². The second-order valence-corrected chi connectivity index (χ2v) is 5.59. The van der Waals surface area contributed by atoms with Crippen LogP contribution in [0.15, 0.2) is 24.3 Å². The lowest BCUT2D eigenvalue weighted by Crippen LogP contribution is -2.52. The third-order valence-corrected chi connectivity index (χ3v) is 3.32. The second-order valence-electron chi connectivity index (χ2n) is 5.59. The summed E-state index contributed by atoms with van der Waals surface area (Å²) in [5.74, 6) is -1.33. The maximum absolute atomic E-state index is 12.1. The van der Waals surface area contributed by atoms with E-state index in [0.29, 0.717) is 5.69 Å². The van der Waals surface area contributed by atoms with E-state index in [-0.39, 0.29) is 6.61 Å². The molecule has 8 heteroatoms. The SMILES string of the molecule is C[C@H](N)C(=O)N[C@@H](C)C(=O)N[C@@H](C)C(=O)Nc1ccc(CO)cc1. The van der Waals surface area contributed by atoms with Gasteiger partial charge in [-0.05, 0) is 38.5 Å². The summed E-state index contributed by atoms with van der Waals surface area (Å²) in [4.78, 5) is 35.5. The van der Waals surface area contributed by atoms with Crippen LogP contribution >= 0.6 is 0 Å². The molecule has 0 saturated carbocycles. The van der Waals surface area contributed by atoms with Gasteiger partial charge in [-0.3, -0.25) is 14.4 Å². The van der Waals surface area contributed by atoms with E-state index < -0.39 is 35.8 Å². The predicted octanol–water partition coefficient (Wildman–Crippen LogP) is -0.526. The zero-order chi connectivity index (χ0) is 18.3. The average molecular weight is 336 g/mol. The first-order valence-electron chi connectivity index (χ1n) is 7.61. The van der Waals surface area contributed by atoms with Crippen LogP contribution in [0.1, 0.15) is 26.3 Å². The molecule has 0 fully saturated rings. The number of rotatable bonds is 7. The molecule has 0 aromatic heterocycles. The number of aliphatic hydroxyl groups excluding tert-OH is 1. The van der Waals surface area contributed by atoms with Gasteiger partial charge in [0.1, 0.15) is 12.1 Å². The third-order valence-electron chi connectivity index (χ3n) is 3.32. The molecule has 3 atom stereocenters. The highest BCUT2D eigenvalue weighted by Gasteiger charge is 2.21. The maximum Gasteiger partial charge on any atom is 0.246 e. The van der Waals surface area contributed by atoms with Gasteiger partial charge in [-0.1, -0.05) is 12.1 Å². The van der Waals surface area contributed by atoms with Crippen molar-refractivity contribution >= 4 is 23.4 Å². The third kappa shape index (κ3) is 5.98. The molecule has 1 rings (SSSR count). The Labute approximate surface area is 140 Å². The molecule has 6 N–H and O–H groups in total. The minimum atomic E-state index is -0.803. The first kappa shape index (κ1) is 19.6. The molecule has 8 nitrogen and oxygen atoms in total. The molecular weight excluding hydrogens is 312 g/mol. The largest absolute Gasteiger partial charge is 0.392 e. The number of carbonyl (C=O) groups is 3. The Morgan fingerprint density at radius 3 is 1.96 bits per heavy atom. The molecule has 0 aliphatic carbocycles. The Hall–Kier alpha value is -2.45. The lowest BCUT2D eigenvalue weighted by Gasteiger charge is -2.19. The number of nitrogens with two attached hydrogens (primary N) is 1. The minimum absolute atomic E-state index is 0.0777.